The molecule has 2 atom stereocenters. The number of ether oxygens (including phenoxy) is 1. The van der Waals surface area contributed by atoms with Gasteiger partial charge >= 0.3 is 0 Å². The maximum absolute atomic E-state index is 12.6. The molecule has 0 saturated carbocycles. The topological polar surface area (TPSA) is 72.9 Å². The van der Waals surface area contributed by atoms with Crippen LogP contribution in [0.25, 0.3) is 0 Å². The molecule has 1 aliphatic heterocycles. The Hall–Kier alpha value is -2.22. The lowest BCUT2D eigenvalue weighted by Gasteiger charge is -2.37. The Morgan fingerprint density at radius 1 is 1.07 bits per heavy atom. The lowest BCUT2D eigenvalue weighted by molar-refractivity contribution is -0.143. The molecular weight excluding hydrogens is 364 g/mol. The van der Waals surface area contributed by atoms with Gasteiger partial charge in [-0.3, -0.25) is 9.00 Å². The Kier molecular flexibility index (Phi) is 6.60. The van der Waals surface area contributed by atoms with Crippen molar-refractivity contribution in [2.75, 3.05) is 31.1 Å². The fraction of sp³-hybridized carbons (Fsp3) is 0.350. The van der Waals surface area contributed by atoms with Crippen LogP contribution in [0.2, 0.25) is 0 Å². The van der Waals surface area contributed by atoms with Crippen LogP contribution >= 0.6 is 0 Å². The van der Waals surface area contributed by atoms with Crippen molar-refractivity contribution in [2.45, 2.75) is 24.5 Å². The van der Waals surface area contributed by atoms with Crippen LogP contribution < -0.4 is 4.90 Å². The normalized spacial score (nSPS) is 16.8. The van der Waals surface area contributed by atoms with Crippen LogP contribution in [0.3, 0.4) is 0 Å². The second kappa shape index (κ2) is 9.12. The van der Waals surface area contributed by atoms with E-state index >= 15 is 0 Å². The zero-order valence-electron chi connectivity index (χ0n) is 15.2. The number of nitrogens with zero attached hydrogens (tertiary/aromatic N) is 2. The van der Waals surface area contributed by atoms with Gasteiger partial charge in [0.15, 0.2) is 0 Å². The van der Waals surface area contributed by atoms with Crippen molar-refractivity contribution < 1.29 is 18.3 Å². The van der Waals surface area contributed by atoms with Gasteiger partial charge in [0.05, 0.1) is 6.61 Å². The molecular formula is C20H23N2O4S-. The molecule has 1 heterocycles. The molecule has 2 aromatic carbocycles. The minimum absolute atomic E-state index is 0.00248. The van der Waals surface area contributed by atoms with Crippen LogP contribution in [0.5, 0.6) is 0 Å². The van der Waals surface area contributed by atoms with Crippen molar-refractivity contribution in [3.05, 3.63) is 60.2 Å². The van der Waals surface area contributed by atoms with Gasteiger partial charge < -0.3 is 19.1 Å². The number of amides is 1. The maximum atomic E-state index is 12.6. The quantitative estimate of drug-likeness (QED) is 0.711. The van der Waals surface area contributed by atoms with Crippen LogP contribution in [-0.2, 0) is 27.2 Å². The second-order valence-corrected chi connectivity index (χ2v) is 7.42. The minimum atomic E-state index is -2.21. The average Bonchev–Trinajstić information content (AvgIpc) is 2.72. The summed E-state index contributed by atoms with van der Waals surface area (Å²) in [5, 5.41) is 0. The lowest BCUT2D eigenvalue weighted by Crippen LogP contribution is -2.51. The van der Waals surface area contributed by atoms with E-state index in [1.807, 2.05) is 35.2 Å². The summed E-state index contributed by atoms with van der Waals surface area (Å²) in [7, 11) is 0. The van der Waals surface area contributed by atoms with E-state index in [2.05, 4.69) is 4.90 Å². The number of anilines is 1. The summed E-state index contributed by atoms with van der Waals surface area (Å²) in [5.41, 5.74) is 2.01. The Balaban J connectivity index is 1.49. The summed E-state index contributed by atoms with van der Waals surface area (Å²) < 4.78 is 27.6. The van der Waals surface area contributed by atoms with Crippen molar-refractivity contribution in [1.29, 1.82) is 0 Å². The van der Waals surface area contributed by atoms with Crippen molar-refractivity contribution in [1.82, 2.24) is 4.90 Å². The second-order valence-electron chi connectivity index (χ2n) is 6.48. The zero-order valence-corrected chi connectivity index (χ0v) is 16.1. The van der Waals surface area contributed by atoms with Crippen LogP contribution in [0, 0.1) is 0 Å². The van der Waals surface area contributed by atoms with Gasteiger partial charge in [0, 0.05) is 36.8 Å². The molecule has 1 fully saturated rings. The number of piperazine rings is 1. The summed E-state index contributed by atoms with van der Waals surface area (Å²) in [6.45, 7) is 4.86. The number of benzene rings is 2. The number of carbonyl (C=O) groups is 1. The standard InChI is InChI=1S/C20H24N2O4S/c1-16(26-15-17-5-3-2-4-6-17)20(23)22-13-11-21(12-14-22)18-7-9-19(10-8-18)27(24)25/h2-10,16H,11-15H2,1H3,(H,24,25)/p-1. The lowest BCUT2D eigenvalue weighted by atomic mass is 10.2. The maximum Gasteiger partial charge on any atom is 0.251 e. The number of rotatable bonds is 6. The first-order valence-corrected chi connectivity index (χ1v) is 10.0. The van der Waals surface area contributed by atoms with Crippen molar-refractivity contribution in [3.8, 4) is 0 Å². The van der Waals surface area contributed by atoms with E-state index in [1.54, 1.807) is 31.2 Å². The molecule has 1 aliphatic rings. The van der Waals surface area contributed by atoms with Gasteiger partial charge in [0.2, 0.25) is 0 Å². The van der Waals surface area contributed by atoms with E-state index in [4.69, 9.17) is 4.74 Å². The summed E-state index contributed by atoms with van der Waals surface area (Å²) >= 11 is -2.21. The zero-order chi connectivity index (χ0) is 19.2. The third kappa shape index (κ3) is 5.15. The molecule has 6 nitrogen and oxygen atoms in total. The molecule has 27 heavy (non-hydrogen) atoms. The molecule has 0 spiro atoms. The third-order valence-electron chi connectivity index (χ3n) is 4.68. The Bertz CT molecular complexity index is 774. The average molecular weight is 387 g/mol. The van der Waals surface area contributed by atoms with Crippen LogP contribution in [0.4, 0.5) is 5.69 Å². The van der Waals surface area contributed by atoms with Gasteiger partial charge in [-0.2, -0.15) is 0 Å². The van der Waals surface area contributed by atoms with Crippen molar-refractivity contribution in [2.24, 2.45) is 0 Å². The van der Waals surface area contributed by atoms with E-state index < -0.39 is 17.2 Å². The Morgan fingerprint density at radius 2 is 1.70 bits per heavy atom. The molecule has 1 saturated heterocycles. The molecule has 144 valence electrons. The Morgan fingerprint density at radius 3 is 2.30 bits per heavy atom. The highest BCUT2D eigenvalue weighted by atomic mass is 32.2. The number of carbonyl (C=O) groups excluding carboxylic acids is 1. The van der Waals surface area contributed by atoms with Crippen molar-refractivity contribution in [3.63, 3.8) is 0 Å². The SMILES string of the molecule is CC(OCc1ccccc1)C(=O)N1CCN(c2ccc(S(=O)[O-])cc2)CC1. The number of hydrogen-bond donors (Lipinski definition) is 0. The molecule has 7 heteroatoms. The molecule has 2 aromatic rings. The molecule has 3 rings (SSSR count). The largest absolute Gasteiger partial charge is 0.768 e. The first kappa shape index (κ1) is 19.5. The Labute approximate surface area is 162 Å². The van der Waals surface area contributed by atoms with Gasteiger partial charge in [-0.15, -0.1) is 0 Å². The molecule has 0 radical (unpaired) electrons. The van der Waals surface area contributed by atoms with Crippen LogP contribution in [0.1, 0.15) is 12.5 Å². The first-order valence-electron chi connectivity index (χ1n) is 8.93. The third-order valence-corrected chi connectivity index (χ3v) is 5.33. The fourth-order valence-electron chi connectivity index (χ4n) is 3.08. The molecule has 1 amide bonds. The van der Waals surface area contributed by atoms with E-state index in [-0.39, 0.29) is 10.8 Å². The summed E-state index contributed by atoms with van der Waals surface area (Å²) in [6.07, 6.45) is -0.483. The van der Waals surface area contributed by atoms with Gasteiger partial charge in [0.1, 0.15) is 6.10 Å². The highest BCUT2D eigenvalue weighted by Gasteiger charge is 2.25. The number of hydrogen-bond acceptors (Lipinski definition) is 5. The molecule has 0 aliphatic carbocycles. The highest BCUT2D eigenvalue weighted by Crippen LogP contribution is 2.19. The van der Waals surface area contributed by atoms with Crippen LogP contribution in [-0.4, -0.2) is 51.9 Å². The first-order chi connectivity index (χ1) is 13.0. The van der Waals surface area contributed by atoms with Gasteiger partial charge in [0.25, 0.3) is 5.91 Å². The van der Waals surface area contributed by atoms with Gasteiger partial charge in [-0.1, -0.05) is 30.3 Å². The van der Waals surface area contributed by atoms with E-state index in [0.717, 1.165) is 11.3 Å². The van der Waals surface area contributed by atoms with E-state index in [0.29, 0.717) is 32.8 Å². The van der Waals surface area contributed by atoms with Crippen molar-refractivity contribution >= 4 is 22.7 Å². The molecule has 0 N–H and O–H groups in total. The fourth-order valence-corrected chi connectivity index (χ4v) is 3.44. The summed E-state index contributed by atoms with van der Waals surface area (Å²) in [4.78, 5) is 16.8. The van der Waals surface area contributed by atoms with E-state index in [9.17, 15) is 13.6 Å². The van der Waals surface area contributed by atoms with E-state index in [1.165, 1.54) is 0 Å². The summed E-state index contributed by atoms with van der Waals surface area (Å²) in [6, 6.07) is 16.6. The molecule has 0 bridgehead atoms. The van der Waals surface area contributed by atoms with Gasteiger partial charge in [-0.05, 0) is 47.8 Å². The molecule has 2 unspecified atom stereocenters. The predicted octanol–water partition coefficient (Wildman–Crippen LogP) is 2.18. The van der Waals surface area contributed by atoms with Crippen LogP contribution in [0.15, 0.2) is 59.5 Å². The highest BCUT2D eigenvalue weighted by molar-refractivity contribution is 7.79. The monoisotopic (exact) mass is 387 g/mol. The smallest absolute Gasteiger partial charge is 0.251 e. The minimum Gasteiger partial charge on any atom is -0.768 e. The summed E-state index contributed by atoms with van der Waals surface area (Å²) in [5.74, 6) is 0.00248. The predicted molar refractivity (Wildman–Crippen MR) is 103 cm³/mol. The molecule has 0 aromatic heterocycles. The van der Waals surface area contributed by atoms with Gasteiger partial charge in [-0.25, -0.2) is 0 Å².